The normalized spacial score (nSPS) is 29.0. The highest BCUT2D eigenvalue weighted by molar-refractivity contribution is 7.53. The summed E-state index contributed by atoms with van der Waals surface area (Å²) in [4.78, 5) is 51.2. The quantitative estimate of drug-likeness (QED) is 0.315. The number of aliphatic hydroxyl groups is 2. The molecule has 2 heterocycles. The van der Waals surface area contributed by atoms with Crippen molar-refractivity contribution >= 4 is 8.17 Å². The maximum absolute atomic E-state index is 11.8. The van der Waals surface area contributed by atoms with Crippen LogP contribution in [0.5, 0.6) is 0 Å². The number of nitrogens with one attached hydrogen (secondary N) is 1. The van der Waals surface area contributed by atoms with Gasteiger partial charge in [-0.2, -0.15) is 19.2 Å². The summed E-state index contributed by atoms with van der Waals surface area (Å²) in [6, 6.07) is 1.11. The largest absolute Gasteiger partial charge is 0.567 e. The van der Waals surface area contributed by atoms with Crippen LogP contribution >= 0.6 is 8.17 Å². The molecule has 1 aromatic heterocycles. The van der Waals surface area contributed by atoms with Crippen molar-refractivity contribution < 1.29 is 34.2 Å². The van der Waals surface area contributed by atoms with Crippen LogP contribution in [0, 0.1) is 6.92 Å². The van der Waals surface area contributed by atoms with Gasteiger partial charge in [0.05, 0.1) is 0 Å². The summed E-state index contributed by atoms with van der Waals surface area (Å²) in [5.41, 5.74) is -1.27. The van der Waals surface area contributed by atoms with E-state index in [1.54, 1.807) is 0 Å². The summed E-state index contributed by atoms with van der Waals surface area (Å²) >= 11 is 0. The number of H-pyrrole nitrogens is 1. The highest BCUT2D eigenvalue weighted by atomic mass is 31.2. The van der Waals surface area contributed by atoms with Gasteiger partial charge in [-0.3, -0.25) is 14.3 Å². The highest BCUT2D eigenvalue weighted by Crippen LogP contribution is 2.46. The zero-order valence-electron chi connectivity index (χ0n) is 11.4. The van der Waals surface area contributed by atoms with Gasteiger partial charge in [-0.1, -0.05) is 0 Å². The number of hydrogen-bond donors (Lipinski definition) is 6. The molecule has 1 aromatic rings. The Hall–Kier alpha value is -1.17. The van der Waals surface area contributed by atoms with Crippen LogP contribution in [0.4, 0.5) is 0 Å². The Bertz CT molecular complexity index is 651. The standard InChI is InChI=1S/C10H15N2O9P/c1-4-2-6(13)11-10(16)12(4)9-8(15)7(14)5(21-9)3-20-22(17,18)19/h2,5,7-9,14-15,17-19H,3H2,1H3/p+1/t5-,7-,8-,9-/m1/s1. The van der Waals surface area contributed by atoms with Crippen molar-refractivity contribution in [3.8, 4) is 0 Å². The van der Waals surface area contributed by atoms with Crippen molar-refractivity contribution in [2.24, 2.45) is 0 Å². The van der Waals surface area contributed by atoms with E-state index in [-0.39, 0.29) is 5.69 Å². The average molecular weight is 339 g/mol. The van der Waals surface area contributed by atoms with Gasteiger partial charge in [0, 0.05) is 11.8 Å². The van der Waals surface area contributed by atoms with Crippen molar-refractivity contribution in [2.75, 3.05) is 6.61 Å². The van der Waals surface area contributed by atoms with E-state index in [4.69, 9.17) is 19.4 Å². The molecule has 0 aromatic carbocycles. The molecule has 0 radical (unpaired) electrons. The van der Waals surface area contributed by atoms with Gasteiger partial charge in [0.2, 0.25) is 0 Å². The lowest BCUT2D eigenvalue weighted by Crippen LogP contribution is -2.39. The van der Waals surface area contributed by atoms with Crippen LogP contribution in [-0.4, -0.2) is 59.4 Å². The van der Waals surface area contributed by atoms with Gasteiger partial charge in [-0.25, -0.2) is 4.79 Å². The molecule has 0 amide bonds. The molecule has 0 spiro atoms. The number of rotatable bonds is 4. The molecule has 1 aliphatic rings. The third-order valence-corrected chi connectivity index (χ3v) is 3.67. The topological polar surface area (TPSA) is 174 Å². The predicted molar refractivity (Wildman–Crippen MR) is 71.5 cm³/mol. The molecular weight excluding hydrogens is 323 g/mol. The lowest BCUT2D eigenvalue weighted by Gasteiger charge is -2.19. The first-order valence-electron chi connectivity index (χ1n) is 6.16. The second-order valence-corrected chi connectivity index (χ2v) is 6.09. The van der Waals surface area contributed by atoms with Crippen LogP contribution in [0.2, 0.25) is 0 Å². The van der Waals surface area contributed by atoms with Crippen molar-refractivity contribution in [3.05, 3.63) is 32.6 Å². The van der Waals surface area contributed by atoms with E-state index in [1.165, 1.54) is 6.92 Å². The Kier molecular flexibility index (Phi) is 4.80. The number of aromatic nitrogens is 2. The fourth-order valence-electron chi connectivity index (χ4n) is 2.19. The molecule has 1 aliphatic heterocycles. The molecular formula is C10H16N2O9P+. The monoisotopic (exact) mass is 339 g/mol. The Morgan fingerprint density at radius 1 is 1.32 bits per heavy atom. The molecule has 0 saturated carbocycles. The van der Waals surface area contributed by atoms with Crippen LogP contribution in [-0.2, 0) is 9.26 Å². The van der Waals surface area contributed by atoms with Gasteiger partial charge in [0.15, 0.2) is 6.23 Å². The van der Waals surface area contributed by atoms with E-state index in [0.717, 1.165) is 10.6 Å². The van der Waals surface area contributed by atoms with Crippen LogP contribution < -0.4 is 11.2 Å². The molecule has 124 valence electrons. The third-order valence-electron chi connectivity index (χ3n) is 3.17. The number of ether oxygens (including phenoxy) is 1. The van der Waals surface area contributed by atoms with Crippen molar-refractivity contribution in [1.29, 1.82) is 0 Å². The number of hydrogen-bond acceptors (Lipinski definition) is 9. The number of aliphatic hydroxyl groups excluding tert-OH is 2. The van der Waals surface area contributed by atoms with Gasteiger partial charge < -0.3 is 14.9 Å². The smallest absolute Gasteiger partial charge is 0.387 e. The predicted octanol–water partition coefficient (Wildman–Crippen LogP) is -2.86. The minimum absolute atomic E-state index is 0.194. The third kappa shape index (κ3) is 3.59. The number of aryl methyl sites for hydroxylation is 1. The zero-order chi connectivity index (χ0) is 16.7. The number of nitrogens with zero attached hydrogens (tertiary/aromatic N) is 1. The summed E-state index contributed by atoms with van der Waals surface area (Å²) in [5.74, 6) is 0. The molecule has 1 fully saturated rings. The van der Waals surface area contributed by atoms with Crippen molar-refractivity contribution in [3.63, 3.8) is 0 Å². The van der Waals surface area contributed by atoms with Gasteiger partial charge in [0.25, 0.3) is 5.56 Å². The van der Waals surface area contributed by atoms with Crippen LogP contribution in [0.15, 0.2) is 15.7 Å². The fourth-order valence-corrected chi connectivity index (χ4v) is 2.54. The Balaban J connectivity index is 2.24. The zero-order valence-corrected chi connectivity index (χ0v) is 12.3. The van der Waals surface area contributed by atoms with E-state index in [2.05, 4.69) is 4.52 Å². The van der Waals surface area contributed by atoms with Crippen molar-refractivity contribution in [2.45, 2.75) is 31.5 Å². The van der Waals surface area contributed by atoms with E-state index in [1.807, 2.05) is 4.98 Å². The van der Waals surface area contributed by atoms with Gasteiger partial charge in [-0.05, 0) is 6.92 Å². The fraction of sp³-hybridized carbons (Fsp3) is 0.600. The summed E-state index contributed by atoms with van der Waals surface area (Å²) in [7, 11) is -4.52. The first-order chi connectivity index (χ1) is 10.1. The summed E-state index contributed by atoms with van der Waals surface area (Å²) in [6.07, 6.45) is -5.56. The van der Waals surface area contributed by atoms with Gasteiger partial charge in [0.1, 0.15) is 24.9 Å². The highest BCUT2D eigenvalue weighted by Gasteiger charge is 2.47. The van der Waals surface area contributed by atoms with Gasteiger partial charge in [-0.15, -0.1) is 0 Å². The SMILES string of the molecule is Cc1cc(=O)[nH]c(=O)n1[C@@H]1O[C@H](CO[P+](O)(O)O)[C@@H](O)[C@H]1O. The summed E-state index contributed by atoms with van der Waals surface area (Å²) in [6.45, 7) is 0.817. The minimum atomic E-state index is -4.52. The molecule has 0 bridgehead atoms. The Labute approximate surface area is 123 Å². The lowest BCUT2D eigenvalue weighted by molar-refractivity contribution is -0.0569. The molecule has 22 heavy (non-hydrogen) atoms. The molecule has 6 N–H and O–H groups in total. The summed E-state index contributed by atoms with van der Waals surface area (Å²) < 4.78 is 10.5. The van der Waals surface area contributed by atoms with E-state index < -0.39 is 50.6 Å². The van der Waals surface area contributed by atoms with E-state index >= 15 is 0 Å². The molecule has 12 heteroatoms. The maximum Gasteiger partial charge on any atom is 0.567 e. The number of aromatic amines is 1. The molecule has 11 nitrogen and oxygen atoms in total. The van der Waals surface area contributed by atoms with Crippen LogP contribution in [0.1, 0.15) is 11.9 Å². The Morgan fingerprint density at radius 3 is 2.50 bits per heavy atom. The van der Waals surface area contributed by atoms with Crippen molar-refractivity contribution in [1.82, 2.24) is 9.55 Å². The molecule has 4 atom stereocenters. The second kappa shape index (κ2) is 6.14. The molecule has 1 saturated heterocycles. The lowest BCUT2D eigenvalue weighted by atomic mass is 10.1. The first kappa shape index (κ1) is 17.2. The average Bonchev–Trinajstić information content (AvgIpc) is 2.63. The molecule has 0 aliphatic carbocycles. The minimum Gasteiger partial charge on any atom is -0.387 e. The maximum atomic E-state index is 11.8. The summed E-state index contributed by atoms with van der Waals surface area (Å²) in [5, 5.41) is 19.8. The van der Waals surface area contributed by atoms with Gasteiger partial charge >= 0.3 is 13.9 Å². The van der Waals surface area contributed by atoms with Crippen LogP contribution in [0.25, 0.3) is 0 Å². The first-order valence-corrected chi connectivity index (χ1v) is 7.72. The van der Waals surface area contributed by atoms with E-state index in [0.29, 0.717) is 0 Å². The van der Waals surface area contributed by atoms with Crippen LogP contribution in [0.3, 0.4) is 0 Å². The molecule has 0 unspecified atom stereocenters. The Morgan fingerprint density at radius 2 is 1.95 bits per heavy atom. The molecule has 2 rings (SSSR count). The van der Waals surface area contributed by atoms with E-state index in [9.17, 15) is 19.8 Å². The second-order valence-electron chi connectivity index (χ2n) is 4.81.